The van der Waals surface area contributed by atoms with Crippen molar-refractivity contribution in [3.05, 3.63) is 67.1 Å². The minimum absolute atomic E-state index is 0.270. The van der Waals surface area contributed by atoms with Gasteiger partial charge in [-0.05, 0) is 62.0 Å². The molecule has 0 radical (unpaired) electrons. The van der Waals surface area contributed by atoms with Crippen molar-refractivity contribution in [3.63, 3.8) is 0 Å². The van der Waals surface area contributed by atoms with Crippen LogP contribution in [-0.2, 0) is 0 Å². The number of nitrogens with zero attached hydrogens (tertiary/aromatic N) is 5. The van der Waals surface area contributed by atoms with Gasteiger partial charge in [-0.15, -0.1) is 13.2 Å². The Balaban J connectivity index is 1.33. The number of benzene rings is 2. The van der Waals surface area contributed by atoms with Crippen LogP contribution in [0.4, 0.5) is 30.5 Å². The van der Waals surface area contributed by atoms with Crippen molar-refractivity contribution in [2.75, 3.05) is 43.4 Å². The molecule has 1 aliphatic heterocycles. The average Bonchev–Trinajstić information content (AvgIpc) is 3.09. The molecule has 0 spiro atoms. The zero-order chi connectivity index (χ0) is 25.1. The molecule has 4 aromatic rings. The van der Waals surface area contributed by atoms with Gasteiger partial charge >= 0.3 is 6.36 Å². The number of halogens is 3. The average molecular weight is 495 g/mol. The predicted octanol–water partition coefficient (Wildman–Crippen LogP) is 5.48. The maximum absolute atomic E-state index is 12.4. The van der Waals surface area contributed by atoms with Crippen LogP contribution in [0.3, 0.4) is 0 Å². The van der Waals surface area contributed by atoms with Crippen LogP contribution >= 0.6 is 0 Å². The smallest absolute Gasteiger partial charge is 0.406 e. The van der Waals surface area contributed by atoms with Gasteiger partial charge < -0.3 is 19.9 Å². The van der Waals surface area contributed by atoms with E-state index in [2.05, 4.69) is 41.9 Å². The fourth-order valence-corrected chi connectivity index (χ4v) is 4.21. The molecular formula is C26H25F3N6O. The molecule has 36 heavy (non-hydrogen) atoms. The molecular weight excluding hydrogens is 469 g/mol. The Morgan fingerprint density at radius 1 is 0.861 bits per heavy atom. The fourth-order valence-electron chi connectivity index (χ4n) is 4.21. The topological polar surface area (TPSA) is 66.4 Å². The summed E-state index contributed by atoms with van der Waals surface area (Å²) in [6.07, 6.45) is 1.73. The van der Waals surface area contributed by atoms with Gasteiger partial charge in [-0.25, -0.2) is 9.97 Å². The lowest BCUT2D eigenvalue weighted by Gasteiger charge is -2.20. The van der Waals surface area contributed by atoms with Gasteiger partial charge in [0.2, 0.25) is 5.95 Å². The van der Waals surface area contributed by atoms with Crippen LogP contribution in [0.25, 0.3) is 22.0 Å². The van der Waals surface area contributed by atoms with Gasteiger partial charge in [0.1, 0.15) is 5.75 Å². The summed E-state index contributed by atoms with van der Waals surface area (Å²) in [4.78, 5) is 18.2. The number of likely N-dealkylation sites (N-methyl/N-ethyl adjacent to an activating group) is 1. The van der Waals surface area contributed by atoms with Gasteiger partial charge in [-0.1, -0.05) is 12.1 Å². The molecule has 0 saturated carbocycles. The van der Waals surface area contributed by atoms with Crippen LogP contribution < -0.4 is 15.0 Å². The number of alkyl halides is 3. The van der Waals surface area contributed by atoms with Gasteiger partial charge in [0.25, 0.3) is 0 Å². The maximum Gasteiger partial charge on any atom is 0.573 e. The second-order valence-electron chi connectivity index (χ2n) is 8.70. The van der Waals surface area contributed by atoms with Crippen molar-refractivity contribution in [1.29, 1.82) is 0 Å². The van der Waals surface area contributed by atoms with Crippen molar-refractivity contribution in [2.24, 2.45) is 0 Å². The van der Waals surface area contributed by atoms with E-state index in [9.17, 15) is 13.2 Å². The third kappa shape index (κ3) is 5.65. The lowest BCUT2D eigenvalue weighted by Crippen LogP contribution is -2.30. The first-order valence-corrected chi connectivity index (χ1v) is 11.6. The Bertz CT molecular complexity index is 1330. The Morgan fingerprint density at radius 3 is 2.39 bits per heavy atom. The van der Waals surface area contributed by atoms with Crippen LogP contribution in [0, 0.1) is 0 Å². The molecule has 1 saturated heterocycles. The standard InChI is InChI=1S/C26H25F3N6O/c1-34-11-2-12-35(14-13-34)25-31-16-19(17-32-25)18-3-8-22-23(9-10-30-24(22)15-18)33-20-4-6-21(7-5-20)36-26(27,28)29/h3-10,15-17H,2,11-14H2,1H3,(H,30,33). The Hall–Kier alpha value is -3.92. The highest BCUT2D eigenvalue weighted by Crippen LogP contribution is 2.30. The molecule has 0 unspecified atom stereocenters. The minimum Gasteiger partial charge on any atom is -0.406 e. The summed E-state index contributed by atoms with van der Waals surface area (Å²) in [6, 6.07) is 13.3. The third-order valence-corrected chi connectivity index (χ3v) is 6.08. The van der Waals surface area contributed by atoms with Gasteiger partial charge in [0, 0.05) is 60.5 Å². The lowest BCUT2D eigenvalue weighted by atomic mass is 10.1. The van der Waals surface area contributed by atoms with E-state index in [0.717, 1.165) is 66.3 Å². The molecule has 1 aliphatic rings. The first-order valence-electron chi connectivity index (χ1n) is 11.6. The molecule has 1 fully saturated rings. The number of fused-ring (bicyclic) bond motifs is 1. The molecule has 0 aliphatic carbocycles. The van der Waals surface area contributed by atoms with Gasteiger partial charge in [-0.3, -0.25) is 4.98 Å². The highest BCUT2D eigenvalue weighted by atomic mass is 19.4. The highest BCUT2D eigenvalue weighted by molar-refractivity contribution is 5.95. The lowest BCUT2D eigenvalue weighted by molar-refractivity contribution is -0.274. The number of nitrogens with one attached hydrogen (secondary N) is 1. The van der Waals surface area contributed by atoms with E-state index < -0.39 is 6.36 Å². The first-order chi connectivity index (χ1) is 17.3. The van der Waals surface area contributed by atoms with Crippen molar-refractivity contribution in [2.45, 2.75) is 12.8 Å². The van der Waals surface area contributed by atoms with E-state index in [1.165, 1.54) is 24.3 Å². The number of hydrogen-bond acceptors (Lipinski definition) is 7. The second-order valence-corrected chi connectivity index (χ2v) is 8.70. The molecule has 2 aromatic heterocycles. The maximum atomic E-state index is 12.4. The molecule has 0 atom stereocenters. The van der Waals surface area contributed by atoms with Crippen LogP contribution in [0.15, 0.2) is 67.1 Å². The van der Waals surface area contributed by atoms with E-state index >= 15 is 0 Å². The SMILES string of the molecule is CN1CCCN(c2ncc(-c3ccc4c(Nc5ccc(OC(F)(F)F)cc5)ccnc4c3)cn2)CC1. The van der Waals surface area contributed by atoms with Crippen molar-refractivity contribution >= 4 is 28.2 Å². The fraction of sp³-hybridized carbons (Fsp3) is 0.269. The molecule has 186 valence electrons. The zero-order valence-electron chi connectivity index (χ0n) is 19.7. The van der Waals surface area contributed by atoms with E-state index in [1.54, 1.807) is 6.20 Å². The summed E-state index contributed by atoms with van der Waals surface area (Å²) in [5, 5.41) is 4.12. The number of pyridine rings is 1. The van der Waals surface area contributed by atoms with Gasteiger partial charge in [-0.2, -0.15) is 0 Å². The molecule has 1 N–H and O–H groups in total. The predicted molar refractivity (Wildman–Crippen MR) is 134 cm³/mol. The summed E-state index contributed by atoms with van der Waals surface area (Å²) >= 11 is 0. The van der Waals surface area contributed by atoms with Gasteiger partial charge in [0.05, 0.1) is 5.52 Å². The minimum atomic E-state index is -4.72. The third-order valence-electron chi connectivity index (χ3n) is 6.08. The number of aromatic nitrogens is 3. The Morgan fingerprint density at radius 2 is 1.64 bits per heavy atom. The summed E-state index contributed by atoms with van der Waals surface area (Å²) < 4.78 is 41.1. The molecule has 10 heteroatoms. The molecule has 0 amide bonds. The number of ether oxygens (including phenoxy) is 1. The van der Waals surface area contributed by atoms with E-state index in [0.29, 0.717) is 5.69 Å². The highest BCUT2D eigenvalue weighted by Gasteiger charge is 2.31. The Labute approximate surface area is 206 Å². The molecule has 5 rings (SSSR count). The van der Waals surface area contributed by atoms with E-state index in [-0.39, 0.29) is 5.75 Å². The van der Waals surface area contributed by atoms with Crippen molar-refractivity contribution in [3.8, 4) is 16.9 Å². The Kier molecular flexibility index (Phi) is 6.60. The summed E-state index contributed by atoms with van der Waals surface area (Å²) in [5.74, 6) is 0.472. The van der Waals surface area contributed by atoms with E-state index in [1.807, 2.05) is 36.7 Å². The van der Waals surface area contributed by atoms with E-state index in [4.69, 9.17) is 0 Å². The number of rotatable bonds is 5. The summed E-state index contributed by atoms with van der Waals surface area (Å²) in [6.45, 7) is 3.91. The number of anilines is 3. The van der Waals surface area contributed by atoms with Crippen LogP contribution in [0.2, 0.25) is 0 Å². The molecule has 7 nitrogen and oxygen atoms in total. The van der Waals surface area contributed by atoms with Crippen molar-refractivity contribution < 1.29 is 17.9 Å². The second kappa shape index (κ2) is 9.98. The van der Waals surface area contributed by atoms with Crippen LogP contribution in [0.1, 0.15) is 6.42 Å². The number of hydrogen-bond donors (Lipinski definition) is 1. The zero-order valence-corrected chi connectivity index (χ0v) is 19.7. The molecule has 0 bridgehead atoms. The summed E-state index contributed by atoms with van der Waals surface area (Å²) in [7, 11) is 2.13. The van der Waals surface area contributed by atoms with Crippen LogP contribution in [-0.4, -0.2) is 59.4 Å². The molecule has 3 heterocycles. The van der Waals surface area contributed by atoms with Gasteiger partial charge in [0.15, 0.2) is 0 Å². The summed E-state index contributed by atoms with van der Waals surface area (Å²) in [5.41, 5.74) is 4.03. The normalized spacial score (nSPS) is 15.1. The first kappa shape index (κ1) is 23.8. The molecule has 2 aromatic carbocycles. The monoisotopic (exact) mass is 494 g/mol. The largest absolute Gasteiger partial charge is 0.573 e. The van der Waals surface area contributed by atoms with Crippen LogP contribution in [0.5, 0.6) is 5.75 Å². The van der Waals surface area contributed by atoms with Crippen molar-refractivity contribution in [1.82, 2.24) is 19.9 Å². The quantitative estimate of drug-likeness (QED) is 0.394.